The van der Waals surface area contributed by atoms with Crippen molar-refractivity contribution in [1.29, 1.82) is 0 Å². The molecule has 4 aromatic rings. The van der Waals surface area contributed by atoms with Crippen molar-refractivity contribution in [3.8, 4) is 0 Å². The van der Waals surface area contributed by atoms with E-state index in [-0.39, 0.29) is 5.43 Å². The third-order valence-corrected chi connectivity index (χ3v) is 6.29. The van der Waals surface area contributed by atoms with Gasteiger partial charge >= 0.3 is 0 Å². The van der Waals surface area contributed by atoms with Gasteiger partial charge in [0, 0.05) is 61.1 Å². The van der Waals surface area contributed by atoms with Crippen LogP contribution < -0.4 is 5.43 Å². The number of thiazole rings is 1. The van der Waals surface area contributed by atoms with Crippen molar-refractivity contribution in [3.05, 3.63) is 57.0 Å². The van der Waals surface area contributed by atoms with Crippen LogP contribution in [0.1, 0.15) is 29.6 Å². The molecule has 27 heavy (non-hydrogen) atoms. The van der Waals surface area contributed by atoms with Crippen molar-refractivity contribution >= 4 is 33.3 Å². The minimum absolute atomic E-state index is 0.0354. The Labute approximate surface area is 160 Å². The first-order valence-electron chi connectivity index (χ1n) is 9.29. The van der Waals surface area contributed by atoms with Crippen LogP contribution in [0.15, 0.2) is 40.9 Å². The molecule has 0 atom stereocenters. The molecule has 7 heteroatoms. The molecule has 5 heterocycles. The van der Waals surface area contributed by atoms with Gasteiger partial charge < -0.3 is 9.55 Å². The fourth-order valence-corrected chi connectivity index (χ4v) is 4.74. The number of aromatic amines is 1. The highest BCUT2D eigenvalue weighted by Crippen LogP contribution is 2.29. The number of nitrogens with one attached hydrogen (secondary N) is 1. The second-order valence-electron chi connectivity index (χ2n) is 7.21. The van der Waals surface area contributed by atoms with Crippen LogP contribution in [0.4, 0.5) is 0 Å². The molecule has 0 aliphatic carbocycles. The number of hydrogen-bond acceptors (Lipinski definition) is 5. The highest BCUT2D eigenvalue weighted by atomic mass is 32.1. The summed E-state index contributed by atoms with van der Waals surface area (Å²) >= 11 is 1.71. The minimum atomic E-state index is 0.0354. The van der Waals surface area contributed by atoms with Crippen LogP contribution in [-0.4, -0.2) is 37.5 Å². The molecule has 138 valence electrons. The largest absolute Gasteiger partial charge is 0.346 e. The lowest BCUT2D eigenvalue weighted by Gasteiger charge is -2.33. The molecule has 0 amide bonds. The first-order chi connectivity index (χ1) is 13.2. The first-order valence-corrected chi connectivity index (χ1v) is 10.2. The van der Waals surface area contributed by atoms with Crippen LogP contribution >= 0.6 is 11.3 Å². The molecule has 4 aromatic heterocycles. The van der Waals surface area contributed by atoms with Gasteiger partial charge in [0.25, 0.3) is 0 Å². The van der Waals surface area contributed by atoms with E-state index in [1.165, 1.54) is 5.69 Å². The van der Waals surface area contributed by atoms with Gasteiger partial charge in [0.05, 0.1) is 21.6 Å². The molecule has 5 rings (SSSR count). The van der Waals surface area contributed by atoms with E-state index in [9.17, 15) is 4.79 Å². The highest BCUT2D eigenvalue weighted by molar-refractivity contribution is 7.09. The Morgan fingerprint density at radius 3 is 2.89 bits per heavy atom. The molecular formula is C20H21N5OS. The Kier molecular flexibility index (Phi) is 4.06. The number of pyridine rings is 2. The maximum absolute atomic E-state index is 12.4. The standard InChI is InChI=1S/C20H21N5OS/c1-13-23-14(12-27-13)11-24-7-3-15(4-8-24)25-9-5-18(26)17-10-22-20-16(19(17)25)2-6-21-20/h2,5-6,9-10,12,15H,3-4,7-8,11H2,1H3,(H,21,22). The summed E-state index contributed by atoms with van der Waals surface area (Å²) in [6, 6.07) is 4.08. The molecule has 1 aliphatic heterocycles. The van der Waals surface area contributed by atoms with E-state index in [4.69, 9.17) is 0 Å². The monoisotopic (exact) mass is 379 g/mol. The van der Waals surface area contributed by atoms with Crippen molar-refractivity contribution < 1.29 is 0 Å². The smallest absolute Gasteiger partial charge is 0.190 e. The summed E-state index contributed by atoms with van der Waals surface area (Å²) in [4.78, 5) is 27.0. The zero-order chi connectivity index (χ0) is 18.4. The zero-order valence-electron chi connectivity index (χ0n) is 15.2. The molecule has 0 aromatic carbocycles. The minimum Gasteiger partial charge on any atom is -0.346 e. The summed E-state index contributed by atoms with van der Waals surface area (Å²) in [5, 5.41) is 5.01. The van der Waals surface area contributed by atoms with Gasteiger partial charge in [0.2, 0.25) is 0 Å². The molecule has 0 radical (unpaired) electrons. The average molecular weight is 379 g/mol. The van der Waals surface area contributed by atoms with Crippen LogP contribution in [0.25, 0.3) is 21.9 Å². The normalized spacial score (nSPS) is 16.5. The van der Waals surface area contributed by atoms with Crippen molar-refractivity contribution in [2.45, 2.75) is 32.4 Å². The molecule has 0 saturated carbocycles. The van der Waals surface area contributed by atoms with E-state index < -0.39 is 0 Å². The Hall–Kier alpha value is -2.51. The number of fused-ring (bicyclic) bond motifs is 3. The number of aromatic nitrogens is 4. The number of aryl methyl sites for hydroxylation is 1. The quantitative estimate of drug-likeness (QED) is 0.592. The predicted octanol–water partition coefficient (Wildman–Crippen LogP) is 3.48. The Balaban J connectivity index is 1.44. The van der Waals surface area contributed by atoms with Crippen LogP contribution in [0.2, 0.25) is 0 Å². The van der Waals surface area contributed by atoms with E-state index in [0.717, 1.165) is 54.0 Å². The Morgan fingerprint density at radius 1 is 1.26 bits per heavy atom. The second-order valence-corrected chi connectivity index (χ2v) is 8.28. The topological polar surface area (TPSA) is 66.8 Å². The molecule has 0 bridgehead atoms. The van der Waals surface area contributed by atoms with E-state index >= 15 is 0 Å². The van der Waals surface area contributed by atoms with Crippen LogP contribution in [-0.2, 0) is 6.54 Å². The van der Waals surface area contributed by atoms with Gasteiger partial charge in [0.15, 0.2) is 5.43 Å². The van der Waals surface area contributed by atoms with Crippen molar-refractivity contribution in [1.82, 2.24) is 24.4 Å². The van der Waals surface area contributed by atoms with Gasteiger partial charge in [-0.2, -0.15) is 0 Å². The summed E-state index contributed by atoms with van der Waals surface area (Å²) in [5.41, 5.74) is 3.04. The number of rotatable bonds is 3. The third kappa shape index (κ3) is 2.96. The fourth-order valence-electron chi connectivity index (χ4n) is 4.13. The number of likely N-dealkylation sites (tertiary alicyclic amines) is 1. The van der Waals surface area contributed by atoms with Gasteiger partial charge in [-0.1, -0.05) is 0 Å². The fraction of sp³-hybridized carbons (Fsp3) is 0.350. The highest BCUT2D eigenvalue weighted by Gasteiger charge is 2.23. The summed E-state index contributed by atoms with van der Waals surface area (Å²) < 4.78 is 2.29. The number of H-pyrrole nitrogens is 1. The van der Waals surface area contributed by atoms with E-state index in [2.05, 4.69) is 36.7 Å². The van der Waals surface area contributed by atoms with E-state index in [1.54, 1.807) is 23.6 Å². The molecule has 6 nitrogen and oxygen atoms in total. The maximum atomic E-state index is 12.4. The van der Waals surface area contributed by atoms with Gasteiger partial charge in [-0.05, 0) is 25.8 Å². The Morgan fingerprint density at radius 2 is 2.11 bits per heavy atom. The molecule has 1 N–H and O–H groups in total. The van der Waals surface area contributed by atoms with Gasteiger partial charge in [-0.15, -0.1) is 11.3 Å². The van der Waals surface area contributed by atoms with E-state index in [0.29, 0.717) is 11.4 Å². The number of nitrogens with zero attached hydrogens (tertiary/aromatic N) is 4. The van der Waals surface area contributed by atoms with Gasteiger partial charge in [-0.3, -0.25) is 9.69 Å². The van der Waals surface area contributed by atoms with E-state index in [1.807, 2.05) is 18.5 Å². The zero-order valence-corrected chi connectivity index (χ0v) is 16.0. The van der Waals surface area contributed by atoms with Crippen LogP contribution in [0.5, 0.6) is 0 Å². The van der Waals surface area contributed by atoms with Crippen molar-refractivity contribution in [3.63, 3.8) is 0 Å². The predicted molar refractivity (Wildman–Crippen MR) is 108 cm³/mol. The molecule has 1 aliphatic rings. The van der Waals surface area contributed by atoms with Crippen molar-refractivity contribution in [2.24, 2.45) is 0 Å². The average Bonchev–Trinajstić information content (AvgIpc) is 3.31. The van der Waals surface area contributed by atoms with Crippen LogP contribution in [0.3, 0.4) is 0 Å². The number of piperidine rings is 1. The lowest BCUT2D eigenvalue weighted by Crippen LogP contribution is -2.34. The molecule has 1 fully saturated rings. The summed E-state index contributed by atoms with van der Waals surface area (Å²) in [7, 11) is 0. The summed E-state index contributed by atoms with van der Waals surface area (Å²) in [5.74, 6) is 0. The summed E-state index contributed by atoms with van der Waals surface area (Å²) in [6.07, 6.45) is 7.68. The molecule has 0 unspecified atom stereocenters. The van der Waals surface area contributed by atoms with Crippen LogP contribution in [0, 0.1) is 6.92 Å². The number of hydrogen-bond donors (Lipinski definition) is 1. The molecule has 1 saturated heterocycles. The maximum Gasteiger partial charge on any atom is 0.190 e. The Bertz CT molecular complexity index is 1170. The summed E-state index contributed by atoms with van der Waals surface area (Å²) in [6.45, 7) is 5.05. The van der Waals surface area contributed by atoms with Crippen molar-refractivity contribution in [2.75, 3.05) is 13.1 Å². The van der Waals surface area contributed by atoms with Gasteiger partial charge in [0.1, 0.15) is 5.65 Å². The molecular weight excluding hydrogens is 358 g/mol. The lowest BCUT2D eigenvalue weighted by molar-refractivity contribution is 0.180. The lowest BCUT2D eigenvalue weighted by atomic mass is 10.0. The third-order valence-electron chi connectivity index (χ3n) is 5.47. The van der Waals surface area contributed by atoms with Gasteiger partial charge in [-0.25, -0.2) is 9.97 Å². The SMILES string of the molecule is Cc1nc(CN2CCC(n3ccc(=O)c4cnc5[nH]ccc5c43)CC2)cs1. The second kappa shape index (κ2) is 6.58. The molecule has 0 spiro atoms. The first kappa shape index (κ1) is 16.6.